The lowest BCUT2D eigenvalue weighted by molar-refractivity contribution is 0.292. The Bertz CT molecular complexity index is 1210. The molecule has 146 valence electrons. The van der Waals surface area contributed by atoms with Gasteiger partial charge in [-0.25, -0.2) is 8.42 Å². The number of nitrogens with one attached hydrogen (secondary N) is 1. The van der Waals surface area contributed by atoms with E-state index in [4.69, 9.17) is 20.9 Å². The van der Waals surface area contributed by atoms with Crippen LogP contribution in [0.2, 0.25) is 5.02 Å². The van der Waals surface area contributed by atoms with E-state index >= 15 is 0 Å². The molecule has 0 aliphatic carbocycles. The molecule has 4 rings (SSSR count). The second kappa shape index (κ2) is 7.98. The Hall–Kier alpha value is -3.29. The average molecular weight is 427 g/mol. The lowest BCUT2D eigenvalue weighted by atomic mass is 10.1. The zero-order valence-electron chi connectivity index (χ0n) is 14.9. The highest BCUT2D eigenvalue weighted by molar-refractivity contribution is 7.92. The van der Waals surface area contributed by atoms with E-state index in [1.54, 1.807) is 54.6 Å². The number of benzene rings is 3. The molecular formula is C21H15ClN2O4S. The Morgan fingerprint density at radius 2 is 1.48 bits per heavy atom. The molecule has 0 bridgehead atoms. The van der Waals surface area contributed by atoms with Crippen LogP contribution in [-0.2, 0) is 10.0 Å². The Balaban J connectivity index is 1.76. The number of rotatable bonds is 6. The van der Waals surface area contributed by atoms with Gasteiger partial charge >= 0.3 is 5.95 Å². The van der Waals surface area contributed by atoms with Gasteiger partial charge in [-0.15, -0.1) is 0 Å². The third-order valence-electron chi connectivity index (χ3n) is 4.02. The fourth-order valence-electron chi connectivity index (χ4n) is 2.63. The van der Waals surface area contributed by atoms with Crippen molar-refractivity contribution in [3.63, 3.8) is 0 Å². The maximum Gasteiger partial charge on any atom is 0.341 e. The zero-order valence-corrected chi connectivity index (χ0v) is 16.5. The van der Waals surface area contributed by atoms with Gasteiger partial charge in [-0.05, 0) is 36.4 Å². The van der Waals surface area contributed by atoms with Crippen molar-refractivity contribution in [3.8, 4) is 23.0 Å². The largest absolute Gasteiger partial charge is 0.423 e. The Labute approximate surface area is 172 Å². The molecule has 1 N–H and O–H groups in total. The third-order valence-corrected chi connectivity index (χ3v) is 5.64. The zero-order chi connectivity index (χ0) is 20.3. The van der Waals surface area contributed by atoms with Gasteiger partial charge in [0.2, 0.25) is 0 Å². The summed E-state index contributed by atoms with van der Waals surface area (Å²) in [4.78, 5) is 0.109. The molecule has 1 heterocycles. The van der Waals surface area contributed by atoms with E-state index in [1.807, 2.05) is 18.2 Å². The van der Waals surface area contributed by atoms with Crippen molar-refractivity contribution in [2.24, 2.45) is 0 Å². The summed E-state index contributed by atoms with van der Waals surface area (Å²) < 4.78 is 39.4. The third kappa shape index (κ3) is 4.26. The van der Waals surface area contributed by atoms with E-state index in [9.17, 15) is 8.42 Å². The minimum absolute atomic E-state index is 0.0781. The molecule has 3 aromatic carbocycles. The SMILES string of the molecule is O=S(=O)(Nc1c(-c2ccccc2)noc1Oc1ccc(Cl)cc1)c1ccccc1. The standard InChI is InChI=1S/C21H15ClN2O4S/c22-16-11-13-17(14-12-16)27-21-20(19(23-28-21)15-7-3-1-4-8-15)24-29(25,26)18-9-5-2-6-10-18/h1-14,24H. The Morgan fingerprint density at radius 3 is 2.14 bits per heavy atom. The fraction of sp³-hybridized carbons (Fsp3) is 0. The van der Waals surface area contributed by atoms with Crippen LogP contribution in [0, 0.1) is 0 Å². The van der Waals surface area contributed by atoms with Crippen molar-refractivity contribution < 1.29 is 17.7 Å². The minimum atomic E-state index is -3.89. The van der Waals surface area contributed by atoms with Gasteiger partial charge in [0.05, 0.1) is 4.90 Å². The monoisotopic (exact) mass is 426 g/mol. The average Bonchev–Trinajstić information content (AvgIpc) is 3.12. The van der Waals surface area contributed by atoms with Crippen molar-refractivity contribution >= 4 is 27.3 Å². The Morgan fingerprint density at radius 1 is 0.862 bits per heavy atom. The molecule has 0 radical (unpaired) electrons. The lowest BCUT2D eigenvalue weighted by Gasteiger charge is -2.10. The lowest BCUT2D eigenvalue weighted by Crippen LogP contribution is -2.13. The molecule has 29 heavy (non-hydrogen) atoms. The molecular weight excluding hydrogens is 412 g/mol. The van der Waals surface area contributed by atoms with Gasteiger partial charge < -0.3 is 9.26 Å². The summed E-state index contributed by atoms with van der Waals surface area (Å²) in [5.74, 6) is 0.344. The molecule has 0 saturated heterocycles. The molecule has 4 aromatic rings. The number of nitrogens with zero attached hydrogens (tertiary/aromatic N) is 1. The fourth-order valence-corrected chi connectivity index (χ4v) is 3.84. The van der Waals surface area contributed by atoms with Crippen LogP contribution in [0.15, 0.2) is 94.3 Å². The molecule has 0 atom stereocenters. The van der Waals surface area contributed by atoms with Gasteiger partial charge in [0.25, 0.3) is 10.0 Å². The van der Waals surface area contributed by atoms with Crippen molar-refractivity contribution in [1.29, 1.82) is 0 Å². The first kappa shape index (κ1) is 19.0. The number of aromatic nitrogens is 1. The Kier molecular flexibility index (Phi) is 5.24. The van der Waals surface area contributed by atoms with Crippen LogP contribution in [0.4, 0.5) is 5.69 Å². The van der Waals surface area contributed by atoms with E-state index in [-0.39, 0.29) is 16.5 Å². The van der Waals surface area contributed by atoms with E-state index in [0.717, 1.165) is 0 Å². The van der Waals surface area contributed by atoms with Gasteiger partial charge in [0.15, 0.2) is 5.69 Å². The number of anilines is 1. The van der Waals surface area contributed by atoms with Crippen molar-refractivity contribution in [2.75, 3.05) is 4.72 Å². The van der Waals surface area contributed by atoms with Gasteiger partial charge in [-0.3, -0.25) is 4.72 Å². The van der Waals surface area contributed by atoms with Crippen LogP contribution in [0.5, 0.6) is 11.7 Å². The van der Waals surface area contributed by atoms with Crippen LogP contribution in [0.3, 0.4) is 0 Å². The topological polar surface area (TPSA) is 81.4 Å². The van der Waals surface area contributed by atoms with Crippen molar-refractivity contribution in [1.82, 2.24) is 5.16 Å². The molecule has 0 fully saturated rings. The highest BCUT2D eigenvalue weighted by atomic mass is 35.5. The van der Waals surface area contributed by atoms with E-state index in [2.05, 4.69) is 9.88 Å². The molecule has 0 aliphatic rings. The predicted octanol–water partition coefficient (Wildman–Crippen LogP) is 5.59. The first-order chi connectivity index (χ1) is 14.0. The maximum atomic E-state index is 12.9. The second-order valence-electron chi connectivity index (χ2n) is 6.03. The molecule has 0 spiro atoms. The number of ether oxygens (including phenoxy) is 1. The first-order valence-electron chi connectivity index (χ1n) is 8.59. The number of hydrogen-bond acceptors (Lipinski definition) is 5. The molecule has 0 aliphatic heterocycles. The summed E-state index contributed by atoms with van der Waals surface area (Å²) in [5.41, 5.74) is 1.09. The van der Waals surface area contributed by atoms with Gasteiger partial charge in [0, 0.05) is 10.6 Å². The molecule has 6 nitrogen and oxygen atoms in total. The maximum absolute atomic E-state index is 12.9. The first-order valence-corrected chi connectivity index (χ1v) is 10.5. The van der Waals surface area contributed by atoms with E-state index in [1.165, 1.54) is 12.1 Å². The number of sulfonamides is 1. The highest BCUT2D eigenvalue weighted by Crippen LogP contribution is 2.39. The molecule has 0 amide bonds. The summed E-state index contributed by atoms with van der Waals surface area (Å²) in [7, 11) is -3.89. The van der Waals surface area contributed by atoms with Gasteiger partial charge in [-0.1, -0.05) is 65.3 Å². The molecule has 0 saturated carbocycles. The molecule has 0 unspecified atom stereocenters. The predicted molar refractivity (Wildman–Crippen MR) is 111 cm³/mol. The van der Waals surface area contributed by atoms with Crippen LogP contribution in [-0.4, -0.2) is 13.6 Å². The summed E-state index contributed by atoms with van der Waals surface area (Å²) in [6, 6.07) is 23.7. The van der Waals surface area contributed by atoms with Crippen molar-refractivity contribution in [3.05, 3.63) is 90.0 Å². The summed E-state index contributed by atoms with van der Waals surface area (Å²) in [6.07, 6.45) is 0. The number of hydrogen-bond donors (Lipinski definition) is 1. The summed E-state index contributed by atoms with van der Waals surface area (Å²) in [5, 5.41) is 4.57. The normalized spacial score (nSPS) is 11.2. The highest BCUT2D eigenvalue weighted by Gasteiger charge is 2.25. The van der Waals surface area contributed by atoms with Gasteiger partial charge in [-0.2, -0.15) is 0 Å². The summed E-state index contributed by atoms with van der Waals surface area (Å²) >= 11 is 5.90. The quantitative estimate of drug-likeness (QED) is 0.434. The molecule has 1 aromatic heterocycles. The van der Waals surface area contributed by atoms with Crippen LogP contribution in [0.25, 0.3) is 11.3 Å². The number of halogens is 1. The summed E-state index contributed by atoms with van der Waals surface area (Å²) in [6.45, 7) is 0. The molecule has 8 heteroatoms. The van der Waals surface area contributed by atoms with Crippen molar-refractivity contribution in [2.45, 2.75) is 4.90 Å². The minimum Gasteiger partial charge on any atom is -0.423 e. The smallest absolute Gasteiger partial charge is 0.341 e. The van der Waals surface area contributed by atoms with Crippen LogP contribution >= 0.6 is 11.6 Å². The van der Waals surface area contributed by atoms with E-state index < -0.39 is 10.0 Å². The van der Waals surface area contributed by atoms with E-state index in [0.29, 0.717) is 22.0 Å². The van der Waals surface area contributed by atoms with Crippen LogP contribution in [0.1, 0.15) is 0 Å². The van der Waals surface area contributed by atoms with Gasteiger partial charge in [0.1, 0.15) is 11.4 Å². The second-order valence-corrected chi connectivity index (χ2v) is 8.15. The van der Waals surface area contributed by atoms with Crippen LogP contribution < -0.4 is 9.46 Å².